The molecule has 112 valence electrons. The van der Waals surface area contributed by atoms with E-state index in [0.29, 0.717) is 0 Å². The van der Waals surface area contributed by atoms with E-state index in [1.165, 1.54) is 29.7 Å². The van der Waals surface area contributed by atoms with Gasteiger partial charge in [0.1, 0.15) is 0 Å². The Balaban J connectivity index is 1.95. The highest BCUT2D eigenvalue weighted by Gasteiger charge is 2.20. The van der Waals surface area contributed by atoms with Crippen molar-refractivity contribution in [3.05, 3.63) is 40.3 Å². The third-order valence-corrected chi connectivity index (χ3v) is 4.33. The van der Waals surface area contributed by atoms with Gasteiger partial charge in [-0.15, -0.1) is 0 Å². The van der Waals surface area contributed by atoms with Gasteiger partial charge in [0.15, 0.2) is 5.82 Å². The lowest BCUT2D eigenvalue weighted by Crippen LogP contribution is -2.16. The van der Waals surface area contributed by atoms with Crippen molar-refractivity contribution in [2.45, 2.75) is 59.5 Å². The standard InChI is InChI=1S/C17H24N4/c1-5-15-8-14(10-18-16-6-7-16)9-17(19-15)21-13(4)11(2)12(3)20-21/h8-9,16,18H,5-7,10H2,1-4H3. The normalized spacial score (nSPS) is 14.7. The van der Waals surface area contributed by atoms with E-state index >= 15 is 0 Å². The maximum absolute atomic E-state index is 4.75. The molecule has 3 rings (SSSR count). The maximum atomic E-state index is 4.75. The second-order valence-corrected chi connectivity index (χ2v) is 6.04. The molecule has 0 atom stereocenters. The molecule has 2 aromatic rings. The minimum absolute atomic E-state index is 0.725. The number of nitrogens with one attached hydrogen (secondary N) is 1. The van der Waals surface area contributed by atoms with Gasteiger partial charge in [-0.2, -0.15) is 5.10 Å². The Morgan fingerprint density at radius 2 is 2.00 bits per heavy atom. The third-order valence-electron chi connectivity index (χ3n) is 4.33. The third kappa shape index (κ3) is 3.00. The lowest BCUT2D eigenvalue weighted by Gasteiger charge is -2.10. The van der Waals surface area contributed by atoms with Crippen LogP contribution < -0.4 is 5.32 Å². The van der Waals surface area contributed by atoms with Crippen LogP contribution in [-0.2, 0) is 13.0 Å². The summed E-state index contributed by atoms with van der Waals surface area (Å²) in [5.41, 5.74) is 5.93. The van der Waals surface area contributed by atoms with E-state index in [2.05, 4.69) is 50.2 Å². The molecule has 2 aromatic heterocycles. The van der Waals surface area contributed by atoms with E-state index in [1.54, 1.807) is 0 Å². The van der Waals surface area contributed by atoms with Crippen molar-refractivity contribution in [3.8, 4) is 5.82 Å². The van der Waals surface area contributed by atoms with Gasteiger partial charge >= 0.3 is 0 Å². The summed E-state index contributed by atoms with van der Waals surface area (Å²) in [6.45, 7) is 9.35. The largest absolute Gasteiger partial charge is 0.310 e. The molecule has 0 amide bonds. The zero-order valence-corrected chi connectivity index (χ0v) is 13.4. The lowest BCUT2D eigenvalue weighted by atomic mass is 10.2. The number of pyridine rings is 1. The van der Waals surface area contributed by atoms with Crippen LogP contribution in [0.15, 0.2) is 12.1 Å². The topological polar surface area (TPSA) is 42.7 Å². The number of nitrogens with zero attached hydrogens (tertiary/aromatic N) is 3. The summed E-state index contributed by atoms with van der Waals surface area (Å²) in [7, 11) is 0. The molecule has 0 unspecified atom stereocenters. The van der Waals surface area contributed by atoms with Gasteiger partial charge in [-0.1, -0.05) is 6.92 Å². The van der Waals surface area contributed by atoms with E-state index < -0.39 is 0 Å². The molecule has 0 aromatic carbocycles. The molecule has 1 aliphatic carbocycles. The second kappa shape index (κ2) is 5.60. The Kier molecular flexibility index (Phi) is 3.81. The zero-order chi connectivity index (χ0) is 15.0. The highest BCUT2D eigenvalue weighted by molar-refractivity contribution is 5.35. The molecule has 0 radical (unpaired) electrons. The Bertz CT molecular complexity index is 653. The molecule has 4 nitrogen and oxygen atoms in total. The zero-order valence-electron chi connectivity index (χ0n) is 13.4. The van der Waals surface area contributed by atoms with Gasteiger partial charge in [0, 0.05) is 24.0 Å². The van der Waals surface area contributed by atoms with Gasteiger partial charge in [0.25, 0.3) is 0 Å². The van der Waals surface area contributed by atoms with Crippen molar-refractivity contribution in [1.82, 2.24) is 20.1 Å². The second-order valence-electron chi connectivity index (χ2n) is 6.04. The predicted molar refractivity (Wildman–Crippen MR) is 84.8 cm³/mol. The molecule has 0 bridgehead atoms. The van der Waals surface area contributed by atoms with Crippen molar-refractivity contribution >= 4 is 0 Å². The first-order valence-electron chi connectivity index (χ1n) is 7.85. The smallest absolute Gasteiger partial charge is 0.154 e. The van der Waals surface area contributed by atoms with Crippen LogP contribution in [0, 0.1) is 20.8 Å². The van der Waals surface area contributed by atoms with Crippen LogP contribution in [0.3, 0.4) is 0 Å². The number of hydrogen-bond donors (Lipinski definition) is 1. The van der Waals surface area contributed by atoms with Crippen molar-refractivity contribution in [2.75, 3.05) is 0 Å². The van der Waals surface area contributed by atoms with Crippen molar-refractivity contribution in [2.24, 2.45) is 0 Å². The van der Waals surface area contributed by atoms with Crippen LogP contribution in [0.4, 0.5) is 0 Å². The summed E-state index contributed by atoms with van der Waals surface area (Å²) < 4.78 is 1.98. The number of rotatable bonds is 5. The number of aromatic nitrogens is 3. The Hall–Kier alpha value is -1.68. The van der Waals surface area contributed by atoms with Crippen LogP contribution in [0.2, 0.25) is 0 Å². The molecule has 1 saturated carbocycles. The van der Waals surface area contributed by atoms with Gasteiger partial charge in [-0.25, -0.2) is 9.67 Å². The summed E-state index contributed by atoms with van der Waals surface area (Å²) >= 11 is 0. The maximum Gasteiger partial charge on any atom is 0.154 e. The van der Waals surface area contributed by atoms with Gasteiger partial charge in [0.05, 0.1) is 5.69 Å². The number of aryl methyl sites for hydroxylation is 2. The molecule has 0 spiro atoms. The first-order chi connectivity index (χ1) is 10.1. The molecule has 4 heteroatoms. The summed E-state index contributed by atoms with van der Waals surface area (Å²) in [6, 6.07) is 5.09. The lowest BCUT2D eigenvalue weighted by molar-refractivity contribution is 0.683. The molecular weight excluding hydrogens is 260 g/mol. The fourth-order valence-corrected chi connectivity index (χ4v) is 2.52. The van der Waals surface area contributed by atoms with Crippen LogP contribution in [0.25, 0.3) is 5.82 Å². The van der Waals surface area contributed by atoms with Crippen LogP contribution in [-0.4, -0.2) is 20.8 Å². The van der Waals surface area contributed by atoms with Crippen LogP contribution >= 0.6 is 0 Å². The van der Waals surface area contributed by atoms with E-state index in [4.69, 9.17) is 4.98 Å². The van der Waals surface area contributed by atoms with Crippen molar-refractivity contribution in [1.29, 1.82) is 0 Å². The highest BCUT2D eigenvalue weighted by atomic mass is 15.3. The predicted octanol–water partition coefficient (Wildman–Crippen LogP) is 3.01. The van der Waals surface area contributed by atoms with Crippen LogP contribution in [0.1, 0.15) is 48.0 Å². The average Bonchev–Trinajstić information content (AvgIpc) is 3.28. The first-order valence-corrected chi connectivity index (χ1v) is 7.85. The first kappa shape index (κ1) is 14.3. The highest BCUT2D eigenvalue weighted by Crippen LogP contribution is 2.21. The molecule has 0 saturated heterocycles. The van der Waals surface area contributed by atoms with Gasteiger partial charge < -0.3 is 5.32 Å². The minimum atomic E-state index is 0.725. The summed E-state index contributed by atoms with van der Waals surface area (Å²) in [4.78, 5) is 4.75. The fourth-order valence-electron chi connectivity index (χ4n) is 2.52. The number of hydrogen-bond acceptors (Lipinski definition) is 3. The van der Waals surface area contributed by atoms with Gasteiger partial charge in [-0.3, -0.25) is 0 Å². The van der Waals surface area contributed by atoms with Gasteiger partial charge in [-0.05, 0) is 63.3 Å². The van der Waals surface area contributed by atoms with E-state index in [0.717, 1.165) is 36.2 Å². The van der Waals surface area contributed by atoms with Crippen molar-refractivity contribution < 1.29 is 0 Å². The van der Waals surface area contributed by atoms with E-state index in [-0.39, 0.29) is 0 Å². The summed E-state index contributed by atoms with van der Waals surface area (Å²) in [6.07, 6.45) is 3.58. The van der Waals surface area contributed by atoms with Crippen molar-refractivity contribution in [3.63, 3.8) is 0 Å². The van der Waals surface area contributed by atoms with Crippen LogP contribution in [0.5, 0.6) is 0 Å². The SMILES string of the molecule is CCc1cc(CNC2CC2)cc(-n2nc(C)c(C)c2C)n1. The Morgan fingerprint density at radius 1 is 1.24 bits per heavy atom. The monoisotopic (exact) mass is 284 g/mol. The Labute approximate surface area is 126 Å². The summed E-state index contributed by atoms with van der Waals surface area (Å²) in [5.74, 6) is 0.940. The molecule has 2 heterocycles. The fraction of sp³-hybridized carbons (Fsp3) is 0.529. The summed E-state index contributed by atoms with van der Waals surface area (Å²) in [5, 5.41) is 8.21. The quantitative estimate of drug-likeness (QED) is 0.918. The molecule has 1 fully saturated rings. The Morgan fingerprint density at radius 3 is 2.57 bits per heavy atom. The molecule has 1 aliphatic rings. The molecule has 1 N–H and O–H groups in total. The van der Waals surface area contributed by atoms with E-state index in [9.17, 15) is 0 Å². The molecule has 0 aliphatic heterocycles. The van der Waals surface area contributed by atoms with Gasteiger partial charge in [0.2, 0.25) is 0 Å². The molecule has 21 heavy (non-hydrogen) atoms. The minimum Gasteiger partial charge on any atom is -0.310 e. The van der Waals surface area contributed by atoms with E-state index in [1.807, 2.05) is 4.68 Å². The average molecular weight is 284 g/mol. The molecular formula is C17H24N4.